The van der Waals surface area contributed by atoms with Gasteiger partial charge in [-0.15, -0.1) is 0 Å². The molecular formula is C20H17NO4. The van der Waals surface area contributed by atoms with Crippen LogP contribution in [0.1, 0.15) is 25.3 Å². The zero-order valence-corrected chi connectivity index (χ0v) is 13.4. The summed E-state index contributed by atoms with van der Waals surface area (Å²) in [5.74, 6) is -1.38. The Bertz CT molecular complexity index is 986. The summed E-state index contributed by atoms with van der Waals surface area (Å²) in [5, 5.41) is 23.0. The second-order valence-electron chi connectivity index (χ2n) is 5.88. The number of ketones is 1. The molecule has 5 heteroatoms. The minimum absolute atomic E-state index is 0.0938. The normalized spacial score (nSPS) is 12.6. The number of Topliss-reactive ketones (excluding diaryl/α,β-unsaturated/α-hetero) is 1. The summed E-state index contributed by atoms with van der Waals surface area (Å²) in [7, 11) is 0. The molecule has 25 heavy (non-hydrogen) atoms. The number of nitro benzene ring substituents is 1. The highest BCUT2D eigenvalue weighted by atomic mass is 16.6. The van der Waals surface area contributed by atoms with Gasteiger partial charge in [0, 0.05) is 31.4 Å². The van der Waals surface area contributed by atoms with Crippen molar-refractivity contribution in [2.24, 2.45) is 0 Å². The molecule has 0 heterocycles. The number of nitrogens with zero attached hydrogens (tertiary/aromatic N) is 1. The van der Waals surface area contributed by atoms with Crippen molar-refractivity contribution in [1.29, 1.82) is 0 Å². The molecule has 3 rings (SSSR count). The monoisotopic (exact) mass is 336 g/mol. The minimum atomic E-state index is -0.915. The van der Waals surface area contributed by atoms with Crippen molar-refractivity contribution in [3.63, 3.8) is 0 Å². The van der Waals surface area contributed by atoms with Crippen molar-refractivity contribution in [2.75, 3.05) is 0 Å². The molecule has 5 nitrogen and oxygen atoms in total. The van der Waals surface area contributed by atoms with Crippen LogP contribution in [0.4, 0.5) is 5.69 Å². The van der Waals surface area contributed by atoms with Gasteiger partial charge in [-0.05, 0) is 22.4 Å². The van der Waals surface area contributed by atoms with E-state index in [0.717, 1.165) is 16.3 Å². The Balaban J connectivity index is 1.89. The van der Waals surface area contributed by atoms with E-state index in [2.05, 4.69) is 0 Å². The van der Waals surface area contributed by atoms with Gasteiger partial charge in [0.15, 0.2) is 0 Å². The molecule has 1 unspecified atom stereocenters. The van der Waals surface area contributed by atoms with Gasteiger partial charge >= 0.3 is 0 Å². The van der Waals surface area contributed by atoms with Gasteiger partial charge in [0.25, 0.3) is 5.69 Å². The molecular weight excluding hydrogens is 318 g/mol. The number of nitro groups is 1. The lowest BCUT2D eigenvalue weighted by atomic mass is 9.91. The lowest BCUT2D eigenvalue weighted by molar-refractivity contribution is -0.384. The molecule has 0 aliphatic rings. The minimum Gasteiger partial charge on any atom is -0.508 e. The second-order valence-corrected chi connectivity index (χ2v) is 5.88. The fourth-order valence-corrected chi connectivity index (χ4v) is 2.78. The Labute approximate surface area is 146 Å². The van der Waals surface area contributed by atoms with E-state index in [0.29, 0.717) is 0 Å². The Hall–Kier alpha value is -3.21. The number of hydrogen-bond donors (Lipinski definition) is 1. The van der Waals surface area contributed by atoms with Crippen LogP contribution >= 0.6 is 0 Å². The summed E-state index contributed by atoms with van der Waals surface area (Å²) >= 11 is 0. The SMILES string of the molecule is [2H]CC(C(=O)Cc1ccc2ccccc2c1)c1cc([N+](=O)[O-])ccc1O. The van der Waals surface area contributed by atoms with Gasteiger partial charge in [0.05, 0.1) is 4.92 Å². The Morgan fingerprint density at radius 2 is 1.92 bits per heavy atom. The molecule has 3 aromatic carbocycles. The van der Waals surface area contributed by atoms with Gasteiger partial charge in [-0.3, -0.25) is 14.9 Å². The summed E-state index contributed by atoms with van der Waals surface area (Å²) in [6, 6.07) is 17.0. The molecule has 126 valence electrons. The summed E-state index contributed by atoms with van der Waals surface area (Å²) in [6.07, 6.45) is 0.0938. The highest BCUT2D eigenvalue weighted by molar-refractivity contribution is 5.90. The average molecular weight is 336 g/mol. The van der Waals surface area contributed by atoms with Crippen molar-refractivity contribution >= 4 is 22.2 Å². The number of carbonyl (C=O) groups excluding carboxylic acids is 1. The molecule has 0 saturated heterocycles. The molecule has 0 aliphatic carbocycles. The van der Waals surface area contributed by atoms with Crippen molar-refractivity contribution in [3.8, 4) is 5.75 Å². The molecule has 0 bridgehead atoms. The third-order valence-electron chi connectivity index (χ3n) is 4.18. The number of hydrogen-bond acceptors (Lipinski definition) is 4. The van der Waals surface area contributed by atoms with Crippen LogP contribution in [0.25, 0.3) is 10.8 Å². The van der Waals surface area contributed by atoms with E-state index >= 15 is 0 Å². The summed E-state index contributed by atoms with van der Waals surface area (Å²) in [5.41, 5.74) is 0.715. The predicted octanol–water partition coefficient (Wildman–Crippen LogP) is 4.37. The maximum Gasteiger partial charge on any atom is 0.269 e. The Kier molecular flexibility index (Phi) is 4.12. The van der Waals surface area contributed by atoms with Crippen LogP contribution in [0.2, 0.25) is 0 Å². The first-order chi connectivity index (χ1) is 12.5. The molecule has 3 aromatic rings. The maximum atomic E-state index is 12.7. The fraction of sp³-hybridized carbons (Fsp3) is 0.150. The zero-order valence-electron chi connectivity index (χ0n) is 14.4. The van der Waals surface area contributed by atoms with E-state index in [-0.39, 0.29) is 36.1 Å². The fourth-order valence-electron chi connectivity index (χ4n) is 2.78. The van der Waals surface area contributed by atoms with E-state index in [1.165, 1.54) is 18.2 Å². The topological polar surface area (TPSA) is 80.4 Å². The van der Waals surface area contributed by atoms with Crippen LogP contribution in [0.5, 0.6) is 5.75 Å². The number of rotatable bonds is 5. The van der Waals surface area contributed by atoms with Gasteiger partial charge in [0.2, 0.25) is 0 Å². The third kappa shape index (κ3) is 3.50. The van der Waals surface area contributed by atoms with Crippen LogP contribution in [-0.4, -0.2) is 15.8 Å². The van der Waals surface area contributed by atoms with Crippen LogP contribution in [0.15, 0.2) is 60.7 Å². The lowest BCUT2D eigenvalue weighted by Gasteiger charge is -2.13. The number of phenols is 1. The highest BCUT2D eigenvalue weighted by Gasteiger charge is 2.21. The number of phenolic OH excluding ortho intramolecular Hbond substituents is 1. The number of benzene rings is 3. The number of carbonyl (C=O) groups is 1. The molecule has 0 radical (unpaired) electrons. The molecule has 0 saturated carbocycles. The first-order valence-electron chi connectivity index (χ1n) is 8.47. The standard InChI is InChI=1S/C20H17NO4/c1-13(18-12-17(21(24)25)8-9-19(18)22)20(23)11-14-6-7-15-4-2-3-5-16(15)10-14/h2-10,12-13,22H,11H2,1H3/i1D. The van der Waals surface area contributed by atoms with Crippen molar-refractivity contribution in [2.45, 2.75) is 19.2 Å². The number of aromatic hydroxyl groups is 1. The Morgan fingerprint density at radius 3 is 2.64 bits per heavy atom. The van der Waals surface area contributed by atoms with Crippen LogP contribution in [0, 0.1) is 10.1 Å². The van der Waals surface area contributed by atoms with Crippen LogP contribution in [0.3, 0.4) is 0 Å². The maximum absolute atomic E-state index is 12.7. The average Bonchev–Trinajstić information content (AvgIpc) is 2.63. The van der Waals surface area contributed by atoms with Gasteiger partial charge in [-0.25, -0.2) is 0 Å². The highest BCUT2D eigenvalue weighted by Crippen LogP contribution is 2.31. The predicted molar refractivity (Wildman–Crippen MR) is 95.8 cm³/mol. The van der Waals surface area contributed by atoms with Crippen LogP contribution < -0.4 is 0 Å². The summed E-state index contributed by atoms with van der Waals surface area (Å²) in [6.45, 7) is -0.291. The summed E-state index contributed by atoms with van der Waals surface area (Å²) in [4.78, 5) is 23.1. The third-order valence-corrected chi connectivity index (χ3v) is 4.18. The second kappa shape index (κ2) is 6.73. The zero-order chi connectivity index (χ0) is 18.7. The van der Waals surface area contributed by atoms with Crippen molar-refractivity contribution in [3.05, 3.63) is 81.9 Å². The number of non-ortho nitro benzene ring substituents is 1. The van der Waals surface area contributed by atoms with Crippen LogP contribution in [-0.2, 0) is 11.2 Å². The van der Waals surface area contributed by atoms with Crippen molar-refractivity contribution < 1.29 is 16.2 Å². The molecule has 0 aliphatic heterocycles. The van der Waals surface area contributed by atoms with E-state index in [4.69, 9.17) is 1.37 Å². The molecule has 1 N–H and O–H groups in total. The quantitative estimate of drug-likeness (QED) is 0.554. The largest absolute Gasteiger partial charge is 0.508 e. The molecule has 0 aromatic heterocycles. The molecule has 0 fully saturated rings. The van der Waals surface area contributed by atoms with Gasteiger partial charge in [0.1, 0.15) is 11.5 Å². The van der Waals surface area contributed by atoms with Gasteiger partial charge in [-0.1, -0.05) is 49.4 Å². The van der Waals surface area contributed by atoms with Crippen molar-refractivity contribution in [1.82, 2.24) is 0 Å². The van der Waals surface area contributed by atoms with E-state index < -0.39 is 10.8 Å². The first kappa shape index (κ1) is 15.3. The first-order valence-corrected chi connectivity index (χ1v) is 7.76. The molecule has 0 spiro atoms. The van der Waals surface area contributed by atoms with E-state index in [1.54, 1.807) is 0 Å². The molecule has 1 atom stereocenters. The smallest absolute Gasteiger partial charge is 0.269 e. The Morgan fingerprint density at radius 1 is 1.16 bits per heavy atom. The van der Waals surface area contributed by atoms with E-state index in [9.17, 15) is 20.0 Å². The van der Waals surface area contributed by atoms with Gasteiger partial charge < -0.3 is 5.11 Å². The number of fused-ring (bicyclic) bond motifs is 1. The summed E-state index contributed by atoms with van der Waals surface area (Å²) < 4.78 is 7.70. The van der Waals surface area contributed by atoms with Gasteiger partial charge in [-0.2, -0.15) is 0 Å². The lowest BCUT2D eigenvalue weighted by Crippen LogP contribution is -2.12. The molecule has 0 amide bonds. The van der Waals surface area contributed by atoms with E-state index in [1.807, 2.05) is 42.5 Å².